The zero-order valence-corrected chi connectivity index (χ0v) is 16.2. The van der Waals surface area contributed by atoms with Crippen LogP contribution in [0.4, 0.5) is 10.1 Å². The van der Waals surface area contributed by atoms with Crippen LogP contribution in [0.25, 0.3) is 22.6 Å². The topological polar surface area (TPSA) is 67.2 Å². The first-order valence-corrected chi connectivity index (χ1v) is 9.24. The maximum absolute atomic E-state index is 13.0. The van der Waals surface area contributed by atoms with Gasteiger partial charge in [0.05, 0.1) is 0 Å². The first-order chi connectivity index (χ1) is 14.0. The van der Waals surface area contributed by atoms with Crippen molar-refractivity contribution < 1.29 is 13.6 Å². The Bertz CT molecular complexity index is 1200. The number of benzene rings is 3. The highest BCUT2D eigenvalue weighted by Gasteiger charge is 2.11. The minimum atomic E-state index is -0.424. The van der Waals surface area contributed by atoms with Crippen molar-refractivity contribution >= 4 is 40.0 Å². The van der Waals surface area contributed by atoms with Crippen LogP contribution in [0.3, 0.4) is 0 Å². The van der Waals surface area contributed by atoms with E-state index in [9.17, 15) is 9.18 Å². The van der Waals surface area contributed by atoms with Crippen molar-refractivity contribution in [2.24, 2.45) is 0 Å². The van der Waals surface area contributed by atoms with E-state index in [2.05, 4.69) is 15.6 Å². The number of thiocarbonyl (C=S) groups is 1. The van der Waals surface area contributed by atoms with Gasteiger partial charge in [-0.2, -0.15) is 0 Å². The molecule has 29 heavy (non-hydrogen) atoms. The van der Waals surface area contributed by atoms with Crippen molar-refractivity contribution in [2.45, 2.75) is 6.92 Å². The van der Waals surface area contributed by atoms with E-state index in [0.717, 1.165) is 11.1 Å². The van der Waals surface area contributed by atoms with Crippen LogP contribution < -0.4 is 10.6 Å². The van der Waals surface area contributed by atoms with Crippen molar-refractivity contribution in [3.8, 4) is 11.5 Å². The van der Waals surface area contributed by atoms with Crippen LogP contribution in [-0.4, -0.2) is 16.0 Å². The van der Waals surface area contributed by atoms with Crippen molar-refractivity contribution in [3.05, 3.63) is 83.7 Å². The molecule has 0 bridgehead atoms. The normalized spacial score (nSPS) is 10.7. The first-order valence-electron chi connectivity index (χ1n) is 8.83. The summed E-state index contributed by atoms with van der Waals surface area (Å²) in [5.41, 5.74) is 4.33. The van der Waals surface area contributed by atoms with Gasteiger partial charge in [-0.15, -0.1) is 0 Å². The summed E-state index contributed by atoms with van der Waals surface area (Å²) < 4.78 is 18.8. The van der Waals surface area contributed by atoms with E-state index in [0.29, 0.717) is 28.2 Å². The summed E-state index contributed by atoms with van der Waals surface area (Å²) in [6, 6.07) is 18.5. The third-order valence-electron chi connectivity index (χ3n) is 4.28. The number of carbonyl (C=O) groups is 1. The minimum absolute atomic E-state index is 0.126. The third kappa shape index (κ3) is 4.30. The number of hydrogen-bond acceptors (Lipinski definition) is 4. The average molecular weight is 405 g/mol. The molecule has 0 aliphatic carbocycles. The molecule has 1 aromatic heterocycles. The van der Waals surface area contributed by atoms with Crippen LogP contribution in [0.5, 0.6) is 0 Å². The van der Waals surface area contributed by atoms with Gasteiger partial charge in [-0.1, -0.05) is 17.7 Å². The number of nitrogens with zero attached hydrogens (tertiary/aromatic N) is 1. The SMILES string of the molecule is Cc1ccc(-c2nc3cc(NC(=S)NC(=O)c4ccc(F)cc4)ccc3o2)cc1. The summed E-state index contributed by atoms with van der Waals surface area (Å²) >= 11 is 5.19. The third-order valence-corrected chi connectivity index (χ3v) is 4.48. The van der Waals surface area contributed by atoms with Crippen LogP contribution in [0, 0.1) is 12.7 Å². The van der Waals surface area contributed by atoms with Gasteiger partial charge in [0.15, 0.2) is 10.7 Å². The lowest BCUT2D eigenvalue weighted by molar-refractivity contribution is 0.0977. The summed E-state index contributed by atoms with van der Waals surface area (Å²) in [6.45, 7) is 2.02. The molecular formula is C22H16FN3O2S. The number of oxazole rings is 1. The van der Waals surface area contributed by atoms with Gasteiger partial charge in [0.25, 0.3) is 5.91 Å². The quantitative estimate of drug-likeness (QED) is 0.466. The smallest absolute Gasteiger partial charge is 0.257 e. The number of halogens is 1. The van der Waals surface area contributed by atoms with E-state index in [4.69, 9.17) is 16.6 Å². The number of aryl methyl sites for hydroxylation is 1. The molecule has 1 amide bonds. The number of carbonyl (C=O) groups excluding carboxylic acids is 1. The second kappa shape index (κ2) is 7.81. The molecule has 2 N–H and O–H groups in total. The molecule has 0 radical (unpaired) electrons. The molecule has 5 nitrogen and oxygen atoms in total. The van der Waals surface area contributed by atoms with Crippen LogP contribution in [-0.2, 0) is 0 Å². The van der Waals surface area contributed by atoms with Crippen LogP contribution >= 0.6 is 12.2 Å². The van der Waals surface area contributed by atoms with Gasteiger partial charge in [0.1, 0.15) is 11.3 Å². The Labute approximate surface area is 171 Å². The molecule has 0 unspecified atom stereocenters. The molecule has 144 valence electrons. The lowest BCUT2D eigenvalue weighted by atomic mass is 10.1. The number of hydrogen-bond donors (Lipinski definition) is 2. The fourth-order valence-corrected chi connectivity index (χ4v) is 2.97. The molecule has 0 spiro atoms. The zero-order chi connectivity index (χ0) is 20.4. The van der Waals surface area contributed by atoms with Gasteiger partial charge in [0.2, 0.25) is 5.89 Å². The molecule has 0 saturated carbocycles. The summed E-state index contributed by atoms with van der Waals surface area (Å²) in [5.74, 6) is -0.302. The Hall–Kier alpha value is -3.58. The standard InChI is InChI=1S/C22H16FN3O2S/c1-13-2-4-15(5-3-13)21-25-18-12-17(10-11-19(18)28-21)24-22(29)26-20(27)14-6-8-16(23)9-7-14/h2-12H,1H3,(H2,24,26,27,29). The van der Waals surface area contributed by atoms with Gasteiger partial charge in [-0.25, -0.2) is 9.37 Å². The summed E-state index contributed by atoms with van der Waals surface area (Å²) in [7, 11) is 0. The predicted molar refractivity (Wildman–Crippen MR) is 114 cm³/mol. The second-order valence-corrected chi connectivity index (χ2v) is 6.89. The fraction of sp³-hybridized carbons (Fsp3) is 0.0455. The predicted octanol–water partition coefficient (Wildman–Crippen LogP) is 5.07. The van der Waals surface area contributed by atoms with E-state index in [1.165, 1.54) is 24.3 Å². The monoisotopic (exact) mass is 405 g/mol. The van der Waals surface area contributed by atoms with Crippen LogP contribution in [0.2, 0.25) is 0 Å². The number of nitrogens with one attached hydrogen (secondary N) is 2. The number of fused-ring (bicyclic) bond motifs is 1. The van der Waals surface area contributed by atoms with Crippen molar-refractivity contribution in [3.63, 3.8) is 0 Å². The Balaban J connectivity index is 1.47. The molecule has 7 heteroatoms. The Morgan fingerprint density at radius 3 is 2.48 bits per heavy atom. The molecule has 0 atom stereocenters. The molecule has 0 aliphatic rings. The average Bonchev–Trinajstić information content (AvgIpc) is 3.12. The largest absolute Gasteiger partial charge is 0.436 e. The molecule has 1 heterocycles. The van der Waals surface area contributed by atoms with Gasteiger partial charge < -0.3 is 9.73 Å². The molecule has 0 aliphatic heterocycles. The lowest BCUT2D eigenvalue weighted by Gasteiger charge is -2.09. The second-order valence-electron chi connectivity index (χ2n) is 6.48. The Morgan fingerprint density at radius 1 is 1.03 bits per heavy atom. The summed E-state index contributed by atoms with van der Waals surface area (Å²) in [5, 5.41) is 5.64. The molecule has 0 saturated heterocycles. The van der Waals surface area contributed by atoms with Gasteiger partial charge in [0, 0.05) is 16.8 Å². The van der Waals surface area contributed by atoms with Gasteiger partial charge in [-0.3, -0.25) is 10.1 Å². The highest BCUT2D eigenvalue weighted by Crippen LogP contribution is 2.26. The van der Waals surface area contributed by atoms with E-state index in [-0.39, 0.29) is 5.11 Å². The van der Waals surface area contributed by atoms with E-state index in [1.807, 2.05) is 31.2 Å². The molecular weight excluding hydrogens is 389 g/mol. The molecule has 3 aromatic carbocycles. The number of amides is 1. The van der Waals surface area contributed by atoms with Crippen molar-refractivity contribution in [2.75, 3.05) is 5.32 Å². The maximum atomic E-state index is 13.0. The minimum Gasteiger partial charge on any atom is -0.436 e. The molecule has 0 fully saturated rings. The highest BCUT2D eigenvalue weighted by molar-refractivity contribution is 7.80. The molecule has 4 aromatic rings. The van der Waals surface area contributed by atoms with Crippen LogP contribution in [0.1, 0.15) is 15.9 Å². The first kappa shape index (κ1) is 18.8. The maximum Gasteiger partial charge on any atom is 0.257 e. The number of anilines is 1. The zero-order valence-electron chi connectivity index (χ0n) is 15.4. The number of rotatable bonds is 3. The van der Waals surface area contributed by atoms with Crippen molar-refractivity contribution in [1.29, 1.82) is 0 Å². The van der Waals surface area contributed by atoms with Gasteiger partial charge in [-0.05, 0) is 73.7 Å². The van der Waals surface area contributed by atoms with Gasteiger partial charge >= 0.3 is 0 Å². The van der Waals surface area contributed by atoms with E-state index in [1.54, 1.807) is 18.2 Å². The lowest BCUT2D eigenvalue weighted by Crippen LogP contribution is -2.34. The van der Waals surface area contributed by atoms with Crippen LogP contribution in [0.15, 0.2) is 71.1 Å². The summed E-state index contributed by atoms with van der Waals surface area (Å²) in [6.07, 6.45) is 0. The van der Waals surface area contributed by atoms with E-state index < -0.39 is 11.7 Å². The Kier molecular flexibility index (Phi) is 5.05. The molecule has 4 rings (SSSR count). The highest BCUT2D eigenvalue weighted by atomic mass is 32.1. The Morgan fingerprint density at radius 2 is 1.76 bits per heavy atom. The number of aromatic nitrogens is 1. The van der Waals surface area contributed by atoms with Crippen molar-refractivity contribution in [1.82, 2.24) is 10.3 Å². The summed E-state index contributed by atoms with van der Waals surface area (Å²) in [4.78, 5) is 16.7. The fourth-order valence-electron chi connectivity index (χ4n) is 2.76. The van der Waals surface area contributed by atoms with E-state index >= 15 is 0 Å².